The second-order valence-electron chi connectivity index (χ2n) is 13.3. The van der Waals surface area contributed by atoms with Crippen molar-refractivity contribution in [3.63, 3.8) is 0 Å². The molecule has 0 radical (unpaired) electrons. The van der Waals surface area contributed by atoms with E-state index < -0.39 is 0 Å². The van der Waals surface area contributed by atoms with Gasteiger partial charge in [0.15, 0.2) is 0 Å². The zero-order chi connectivity index (χ0) is 31.3. The monoisotopic (exact) mass is 601 g/mol. The summed E-state index contributed by atoms with van der Waals surface area (Å²) in [5.74, 6) is 0. The first kappa shape index (κ1) is 26.4. The maximum Gasteiger partial charge on any atom is 0.137 e. The summed E-state index contributed by atoms with van der Waals surface area (Å²) in [5.41, 5.74) is 10.6. The number of hydrogen-bond donors (Lipinski definition) is 0. The Morgan fingerprint density at radius 3 is 1.96 bits per heavy atom. The third kappa shape index (κ3) is 3.67. The zero-order valence-corrected chi connectivity index (χ0v) is 26.3. The first-order valence-electron chi connectivity index (χ1n) is 16.4. The number of fused-ring (bicyclic) bond motifs is 13. The van der Waals surface area contributed by atoms with Crippen molar-refractivity contribution in [2.45, 2.75) is 19.3 Å². The van der Waals surface area contributed by atoms with Gasteiger partial charge in [0.2, 0.25) is 0 Å². The van der Waals surface area contributed by atoms with Crippen LogP contribution in [0.2, 0.25) is 0 Å². The molecule has 0 fully saturated rings. The Morgan fingerprint density at radius 2 is 1.11 bits per heavy atom. The Hall–Kier alpha value is -5.86. The van der Waals surface area contributed by atoms with Gasteiger partial charge in [0, 0.05) is 39.3 Å². The van der Waals surface area contributed by atoms with Crippen LogP contribution in [0.1, 0.15) is 25.0 Å². The van der Waals surface area contributed by atoms with Crippen molar-refractivity contribution in [2.75, 3.05) is 4.90 Å². The second kappa shape index (κ2) is 9.57. The van der Waals surface area contributed by atoms with Gasteiger partial charge >= 0.3 is 0 Å². The molecule has 0 saturated carbocycles. The highest BCUT2D eigenvalue weighted by atomic mass is 16.3. The van der Waals surface area contributed by atoms with Gasteiger partial charge in [0.1, 0.15) is 11.2 Å². The average molecular weight is 602 g/mol. The molecule has 1 aliphatic rings. The highest BCUT2D eigenvalue weighted by Gasteiger charge is 2.38. The Kier molecular flexibility index (Phi) is 5.37. The van der Waals surface area contributed by atoms with Crippen molar-refractivity contribution in [3.05, 3.63) is 163 Å². The largest absolute Gasteiger partial charge is 0.456 e. The van der Waals surface area contributed by atoms with E-state index in [4.69, 9.17) is 4.42 Å². The van der Waals surface area contributed by atoms with Gasteiger partial charge in [-0.2, -0.15) is 0 Å². The minimum absolute atomic E-state index is 0.0960. The van der Waals surface area contributed by atoms with Gasteiger partial charge in [0.25, 0.3) is 0 Å². The minimum atomic E-state index is -0.0960. The van der Waals surface area contributed by atoms with E-state index >= 15 is 0 Å². The third-order valence-electron chi connectivity index (χ3n) is 10.4. The minimum Gasteiger partial charge on any atom is -0.456 e. The van der Waals surface area contributed by atoms with Crippen LogP contribution in [-0.4, -0.2) is 0 Å². The van der Waals surface area contributed by atoms with Crippen LogP contribution in [0.25, 0.3) is 65.4 Å². The normalized spacial score (nSPS) is 13.5. The molecule has 1 aliphatic carbocycles. The van der Waals surface area contributed by atoms with Gasteiger partial charge in [-0.3, -0.25) is 0 Å². The fourth-order valence-electron chi connectivity index (χ4n) is 8.33. The van der Waals surface area contributed by atoms with E-state index in [2.05, 4.69) is 158 Å². The Labute approximate surface area is 273 Å². The van der Waals surface area contributed by atoms with Crippen LogP contribution in [0.3, 0.4) is 0 Å². The number of benzene rings is 8. The number of nitrogens with zero attached hydrogens (tertiary/aromatic N) is 1. The summed E-state index contributed by atoms with van der Waals surface area (Å²) in [6.07, 6.45) is 0. The van der Waals surface area contributed by atoms with Crippen molar-refractivity contribution in [1.29, 1.82) is 0 Å². The first-order valence-corrected chi connectivity index (χ1v) is 16.4. The van der Waals surface area contributed by atoms with E-state index in [0.29, 0.717) is 0 Å². The van der Waals surface area contributed by atoms with Crippen LogP contribution in [-0.2, 0) is 5.41 Å². The standard InChI is InChI=1S/C45H31NO/c1-45(2)39-18-10-8-17-37(39)43-36-16-7-6-15-35(36)42-32-24-21-30(26-28(32)20-23-38(42)44(43)45)46(29-12-4-3-5-13-29)31-22-25-34-33-14-9-11-19-40(33)47-41(34)27-31/h3-27H,1-2H3. The number of anilines is 3. The van der Waals surface area contributed by atoms with E-state index in [9.17, 15) is 0 Å². The molecule has 0 saturated heterocycles. The summed E-state index contributed by atoms with van der Waals surface area (Å²) in [7, 11) is 0. The van der Waals surface area contributed by atoms with Gasteiger partial charge in [-0.15, -0.1) is 0 Å². The molecule has 1 heterocycles. The third-order valence-corrected chi connectivity index (χ3v) is 10.4. The average Bonchev–Trinajstić information content (AvgIpc) is 3.60. The summed E-state index contributed by atoms with van der Waals surface area (Å²) in [6.45, 7) is 4.77. The SMILES string of the molecule is CC1(C)c2ccccc2-c2c1c1ccc3cc(N(c4ccccc4)c4ccc5c(c4)oc4ccccc45)ccc3c1c1ccccc21. The molecule has 10 rings (SSSR count). The molecule has 0 bridgehead atoms. The molecule has 8 aromatic carbocycles. The summed E-state index contributed by atoms with van der Waals surface area (Å²) >= 11 is 0. The molecule has 0 aliphatic heterocycles. The van der Waals surface area contributed by atoms with Gasteiger partial charge in [-0.1, -0.05) is 117 Å². The van der Waals surface area contributed by atoms with Crippen molar-refractivity contribution in [3.8, 4) is 11.1 Å². The molecule has 9 aromatic rings. The van der Waals surface area contributed by atoms with Crippen LogP contribution in [0, 0.1) is 0 Å². The number of hydrogen-bond acceptors (Lipinski definition) is 2. The van der Waals surface area contributed by atoms with E-state index in [0.717, 1.165) is 39.0 Å². The van der Waals surface area contributed by atoms with Crippen molar-refractivity contribution < 1.29 is 4.42 Å². The highest BCUT2D eigenvalue weighted by Crippen LogP contribution is 2.55. The summed E-state index contributed by atoms with van der Waals surface area (Å²) in [5, 5.41) is 10.1. The predicted octanol–water partition coefficient (Wildman–Crippen LogP) is 12.8. The maximum absolute atomic E-state index is 6.32. The lowest BCUT2D eigenvalue weighted by molar-refractivity contribution is 0.666. The highest BCUT2D eigenvalue weighted by molar-refractivity contribution is 6.26. The van der Waals surface area contributed by atoms with Crippen LogP contribution < -0.4 is 4.90 Å². The molecule has 0 atom stereocenters. The second-order valence-corrected chi connectivity index (χ2v) is 13.3. The van der Waals surface area contributed by atoms with Crippen LogP contribution in [0.15, 0.2) is 156 Å². The molecular formula is C45H31NO. The summed E-state index contributed by atoms with van der Waals surface area (Å²) in [4.78, 5) is 2.33. The van der Waals surface area contributed by atoms with Gasteiger partial charge in [0.05, 0.1) is 0 Å². The Morgan fingerprint density at radius 1 is 0.468 bits per heavy atom. The van der Waals surface area contributed by atoms with Gasteiger partial charge in [-0.05, 0) is 97.0 Å². The Balaban J connectivity index is 1.22. The lowest BCUT2D eigenvalue weighted by Gasteiger charge is -2.26. The molecule has 0 amide bonds. The number of rotatable bonds is 3. The van der Waals surface area contributed by atoms with Crippen LogP contribution in [0.4, 0.5) is 17.1 Å². The number of furan rings is 1. The molecule has 47 heavy (non-hydrogen) atoms. The topological polar surface area (TPSA) is 16.4 Å². The lowest BCUT2D eigenvalue weighted by atomic mass is 9.78. The van der Waals surface area contributed by atoms with E-state index in [-0.39, 0.29) is 5.41 Å². The van der Waals surface area contributed by atoms with E-state index in [1.807, 2.05) is 12.1 Å². The zero-order valence-electron chi connectivity index (χ0n) is 26.3. The van der Waals surface area contributed by atoms with Crippen molar-refractivity contribution in [1.82, 2.24) is 0 Å². The summed E-state index contributed by atoms with van der Waals surface area (Å²) in [6, 6.07) is 55.0. The quantitative estimate of drug-likeness (QED) is 0.187. The summed E-state index contributed by atoms with van der Waals surface area (Å²) < 4.78 is 6.32. The van der Waals surface area contributed by atoms with E-state index in [1.54, 1.807) is 0 Å². The molecule has 2 heteroatoms. The molecule has 0 N–H and O–H groups in total. The van der Waals surface area contributed by atoms with Crippen molar-refractivity contribution in [2.24, 2.45) is 0 Å². The smallest absolute Gasteiger partial charge is 0.137 e. The maximum atomic E-state index is 6.32. The van der Waals surface area contributed by atoms with Crippen molar-refractivity contribution >= 4 is 71.3 Å². The molecule has 1 aromatic heterocycles. The fourth-order valence-corrected chi connectivity index (χ4v) is 8.33. The molecule has 0 unspecified atom stereocenters. The van der Waals surface area contributed by atoms with Crippen LogP contribution >= 0.6 is 0 Å². The predicted molar refractivity (Wildman–Crippen MR) is 198 cm³/mol. The Bertz CT molecular complexity index is 2720. The van der Waals surface area contributed by atoms with Crippen LogP contribution in [0.5, 0.6) is 0 Å². The molecule has 0 spiro atoms. The molecular weight excluding hydrogens is 571 g/mol. The molecule has 222 valence electrons. The van der Waals surface area contributed by atoms with Gasteiger partial charge < -0.3 is 9.32 Å². The fraction of sp³-hybridized carbons (Fsp3) is 0.0667. The number of para-hydroxylation sites is 2. The first-order chi connectivity index (χ1) is 23.1. The molecule has 2 nitrogen and oxygen atoms in total. The van der Waals surface area contributed by atoms with E-state index in [1.165, 1.54) is 54.6 Å². The van der Waals surface area contributed by atoms with Gasteiger partial charge in [-0.25, -0.2) is 0 Å². The lowest BCUT2D eigenvalue weighted by Crippen LogP contribution is -2.15.